The Hall–Kier alpha value is -1.63. The third-order valence-electron chi connectivity index (χ3n) is 4.29. The fraction of sp³-hybridized carbons (Fsp3) is 0.389. The number of benzene rings is 1. The Morgan fingerprint density at radius 2 is 1.68 bits per heavy atom. The van der Waals surface area contributed by atoms with Crippen molar-refractivity contribution in [1.29, 1.82) is 0 Å². The quantitative estimate of drug-likeness (QED) is 0.730. The SMILES string of the molecule is Cc1ccc(-c2cc(C)c(C3CCCC3)cn2)cc1. The van der Waals surface area contributed by atoms with Gasteiger partial charge in [0.15, 0.2) is 0 Å². The van der Waals surface area contributed by atoms with Crippen LogP contribution in [0, 0.1) is 13.8 Å². The van der Waals surface area contributed by atoms with Gasteiger partial charge in [0.1, 0.15) is 0 Å². The second-order valence-electron chi connectivity index (χ2n) is 5.77. The molecular formula is C18H21N. The Morgan fingerprint density at radius 3 is 2.32 bits per heavy atom. The van der Waals surface area contributed by atoms with Crippen LogP contribution in [0.2, 0.25) is 0 Å². The van der Waals surface area contributed by atoms with Crippen molar-refractivity contribution in [3.05, 3.63) is 53.2 Å². The molecule has 0 spiro atoms. The van der Waals surface area contributed by atoms with Crippen LogP contribution in [0.5, 0.6) is 0 Å². The zero-order valence-corrected chi connectivity index (χ0v) is 11.8. The molecule has 1 saturated carbocycles. The van der Waals surface area contributed by atoms with Crippen LogP contribution in [-0.2, 0) is 0 Å². The molecular weight excluding hydrogens is 230 g/mol. The Bertz CT molecular complexity index is 563. The summed E-state index contributed by atoms with van der Waals surface area (Å²) in [4.78, 5) is 4.68. The number of rotatable bonds is 2. The smallest absolute Gasteiger partial charge is 0.0704 e. The molecule has 1 aromatic carbocycles. The summed E-state index contributed by atoms with van der Waals surface area (Å²) < 4.78 is 0. The summed E-state index contributed by atoms with van der Waals surface area (Å²) in [6, 6.07) is 10.9. The molecule has 0 aliphatic heterocycles. The summed E-state index contributed by atoms with van der Waals surface area (Å²) in [7, 11) is 0. The first kappa shape index (κ1) is 12.4. The fourth-order valence-electron chi connectivity index (χ4n) is 3.11. The van der Waals surface area contributed by atoms with E-state index in [9.17, 15) is 0 Å². The molecule has 1 aromatic heterocycles. The molecule has 1 heterocycles. The lowest BCUT2D eigenvalue weighted by Gasteiger charge is -2.13. The Kier molecular flexibility index (Phi) is 3.37. The number of hydrogen-bond acceptors (Lipinski definition) is 1. The van der Waals surface area contributed by atoms with Gasteiger partial charge in [-0.2, -0.15) is 0 Å². The van der Waals surface area contributed by atoms with Crippen LogP contribution < -0.4 is 0 Å². The lowest BCUT2D eigenvalue weighted by atomic mass is 9.94. The van der Waals surface area contributed by atoms with E-state index >= 15 is 0 Å². The zero-order valence-electron chi connectivity index (χ0n) is 11.8. The Morgan fingerprint density at radius 1 is 1.00 bits per heavy atom. The van der Waals surface area contributed by atoms with Crippen molar-refractivity contribution in [2.45, 2.75) is 45.4 Å². The highest BCUT2D eigenvalue weighted by Crippen LogP contribution is 2.36. The van der Waals surface area contributed by atoms with Gasteiger partial charge >= 0.3 is 0 Å². The molecule has 0 amide bonds. The summed E-state index contributed by atoms with van der Waals surface area (Å²) >= 11 is 0. The van der Waals surface area contributed by atoms with Crippen LogP contribution >= 0.6 is 0 Å². The van der Waals surface area contributed by atoms with Gasteiger partial charge in [0.25, 0.3) is 0 Å². The average molecular weight is 251 g/mol. The minimum Gasteiger partial charge on any atom is -0.256 e. The molecule has 1 aliphatic carbocycles. The van der Waals surface area contributed by atoms with E-state index in [0.29, 0.717) is 0 Å². The van der Waals surface area contributed by atoms with Gasteiger partial charge < -0.3 is 0 Å². The molecule has 0 bridgehead atoms. The van der Waals surface area contributed by atoms with E-state index in [2.05, 4.69) is 55.4 Å². The summed E-state index contributed by atoms with van der Waals surface area (Å²) in [5, 5.41) is 0. The van der Waals surface area contributed by atoms with Crippen molar-refractivity contribution in [3.8, 4) is 11.3 Å². The van der Waals surface area contributed by atoms with Crippen LogP contribution in [0.4, 0.5) is 0 Å². The van der Waals surface area contributed by atoms with Gasteiger partial charge in [-0.1, -0.05) is 42.7 Å². The van der Waals surface area contributed by atoms with Gasteiger partial charge in [-0.25, -0.2) is 0 Å². The van der Waals surface area contributed by atoms with Gasteiger partial charge in [0.2, 0.25) is 0 Å². The molecule has 2 aromatic rings. The minimum absolute atomic E-state index is 0.750. The van der Waals surface area contributed by atoms with Crippen LogP contribution in [0.3, 0.4) is 0 Å². The van der Waals surface area contributed by atoms with Crippen LogP contribution in [0.15, 0.2) is 36.5 Å². The Labute approximate surface area is 115 Å². The molecule has 0 N–H and O–H groups in total. The first-order valence-corrected chi connectivity index (χ1v) is 7.27. The third kappa shape index (κ3) is 2.56. The van der Waals surface area contributed by atoms with Gasteiger partial charge in [-0.05, 0) is 49.8 Å². The normalized spacial score (nSPS) is 15.9. The van der Waals surface area contributed by atoms with Gasteiger partial charge in [-0.3, -0.25) is 4.98 Å². The van der Waals surface area contributed by atoms with E-state index in [1.807, 2.05) is 0 Å². The zero-order chi connectivity index (χ0) is 13.2. The molecule has 0 radical (unpaired) electrons. The molecule has 98 valence electrons. The lowest BCUT2D eigenvalue weighted by molar-refractivity contribution is 0.714. The first-order chi connectivity index (χ1) is 9.24. The molecule has 0 unspecified atom stereocenters. The number of aryl methyl sites for hydroxylation is 2. The molecule has 1 fully saturated rings. The number of aromatic nitrogens is 1. The molecule has 19 heavy (non-hydrogen) atoms. The van der Waals surface area contributed by atoms with E-state index in [1.165, 1.54) is 47.9 Å². The fourth-order valence-corrected chi connectivity index (χ4v) is 3.11. The number of pyridine rings is 1. The maximum atomic E-state index is 4.68. The summed E-state index contributed by atoms with van der Waals surface area (Å²) in [5.41, 5.74) is 6.47. The molecule has 0 saturated heterocycles. The summed E-state index contributed by atoms with van der Waals surface area (Å²) in [5.74, 6) is 0.750. The van der Waals surface area contributed by atoms with Crippen molar-refractivity contribution in [2.75, 3.05) is 0 Å². The van der Waals surface area contributed by atoms with Gasteiger partial charge in [0.05, 0.1) is 5.69 Å². The highest BCUT2D eigenvalue weighted by molar-refractivity contribution is 5.60. The largest absolute Gasteiger partial charge is 0.256 e. The van der Waals surface area contributed by atoms with E-state index in [-0.39, 0.29) is 0 Å². The topological polar surface area (TPSA) is 12.9 Å². The second kappa shape index (κ2) is 5.16. The lowest BCUT2D eigenvalue weighted by Crippen LogP contribution is -1.98. The highest BCUT2D eigenvalue weighted by atomic mass is 14.7. The summed E-state index contributed by atoms with van der Waals surface area (Å²) in [6.07, 6.45) is 7.55. The van der Waals surface area contributed by atoms with Gasteiger partial charge in [0, 0.05) is 11.8 Å². The minimum atomic E-state index is 0.750. The third-order valence-corrected chi connectivity index (χ3v) is 4.29. The molecule has 1 aliphatic rings. The van der Waals surface area contributed by atoms with E-state index in [1.54, 1.807) is 0 Å². The van der Waals surface area contributed by atoms with E-state index in [4.69, 9.17) is 0 Å². The molecule has 3 rings (SSSR count). The second-order valence-corrected chi connectivity index (χ2v) is 5.77. The Balaban J connectivity index is 1.92. The first-order valence-electron chi connectivity index (χ1n) is 7.27. The predicted octanol–water partition coefficient (Wildman–Crippen LogP) is 5.02. The average Bonchev–Trinajstić information content (AvgIpc) is 2.93. The van der Waals surface area contributed by atoms with Crippen molar-refractivity contribution in [1.82, 2.24) is 4.98 Å². The van der Waals surface area contributed by atoms with E-state index in [0.717, 1.165) is 11.6 Å². The van der Waals surface area contributed by atoms with Crippen molar-refractivity contribution < 1.29 is 0 Å². The predicted molar refractivity (Wildman–Crippen MR) is 80.4 cm³/mol. The summed E-state index contributed by atoms with van der Waals surface area (Å²) in [6.45, 7) is 4.35. The molecule has 0 atom stereocenters. The number of nitrogens with zero attached hydrogens (tertiary/aromatic N) is 1. The van der Waals surface area contributed by atoms with Crippen LogP contribution in [0.25, 0.3) is 11.3 Å². The van der Waals surface area contributed by atoms with Gasteiger partial charge in [-0.15, -0.1) is 0 Å². The monoisotopic (exact) mass is 251 g/mol. The molecule has 1 heteroatoms. The van der Waals surface area contributed by atoms with Crippen molar-refractivity contribution in [3.63, 3.8) is 0 Å². The number of hydrogen-bond donors (Lipinski definition) is 0. The van der Waals surface area contributed by atoms with Crippen LogP contribution in [0.1, 0.15) is 48.3 Å². The standard InChI is InChI=1S/C18H21N/c1-13-7-9-16(10-8-13)18-11-14(2)17(12-19-18)15-5-3-4-6-15/h7-12,15H,3-6H2,1-2H3. The maximum absolute atomic E-state index is 4.68. The van der Waals surface area contributed by atoms with E-state index < -0.39 is 0 Å². The highest BCUT2D eigenvalue weighted by Gasteiger charge is 2.19. The van der Waals surface area contributed by atoms with Crippen molar-refractivity contribution in [2.24, 2.45) is 0 Å². The maximum Gasteiger partial charge on any atom is 0.0704 e. The molecule has 1 nitrogen and oxygen atoms in total. The van der Waals surface area contributed by atoms with Crippen LogP contribution in [-0.4, -0.2) is 4.98 Å². The van der Waals surface area contributed by atoms with Crippen molar-refractivity contribution >= 4 is 0 Å².